The fraction of sp³-hybridized carbons (Fsp3) is 0. The van der Waals surface area contributed by atoms with Crippen LogP contribution in [0.1, 0.15) is 0 Å². The SMILES string of the molecule is c1ccc(-c2nc(-c3cccc(-c4cccc5oc6ccc(-c7cccc8c7-c7cccc9cccc-8c79)cc6c45)c3)nc(-c3cccc4c3oc3ccccc34)n2)cc1. The molecule has 0 amide bonds. The minimum atomic E-state index is 0.552. The minimum Gasteiger partial charge on any atom is -0.456 e. The number of aromatic nitrogens is 3. The molecule has 0 saturated carbocycles. The Hall–Kier alpha value is -8.15. The third kappa shape index (κ3) is 4.90. The number of furan rings is 2. The molecule has 0 spiro atoms. The van der Waals surface area contributed by atoms with Gasteiger partial charge in [-0.2, -0.15) is 0 Å². The first kappa shape index (κ1) is 32.9. The number of hydrogen-bond acceptors (Lipinski definition) is 5. The Morgan fingerprint density at radius 1 is 0.300 bits per heavy atom. The first-order valence-corrected chi connectivity index (χ1v) is 20.2. The van der Waals surface area contributed by atoms with Gasteiger partial charge in [-0.1, -0.05) is 152 Å². The molecule has 0 saturated heterocycles. The summed E-state index contributed by atoms with van der Waals surface area (Å²) in [6.07, 6.45) is 0. The zero-order valence-electron chi connectivity index (χ0n) is 32.1. The summed E-state index contributed by atoms with van der Waals surface area (Å²) in [6, 6.07) is 65.6. The third-order valence-electron chi connectivity index (χ3n) is 12.1. The quantitative estimate of drug-likeness (QED) is 0.175. The first-order valence-electron chi connectivity index (χ1n) is 20.2. The Balaban J connectivity index is 0.967. The van der Waals surface area contributed by atoms with E-state index in [0.29, 0.717) is 17.5 Å². The van der Waals surface area contributed by atoms with Gasteiger partial charge in [0.2, 0.25) is 0 Å². The highest BCUT2D eigenvalue weighted by Crippen LogP contribution is 2.51. The molecule has 0 bridgehead atoms. The molecule has 1 aliphatic rings. The van der Waals surface area contributed by atoms with Gasteiger partial charge in [0.25, 0.3) is 0 Å². The van der Waals surface area contributed by atoms with E-state index in [9.17, 15) is 0 Å². The van der Waals surface area contributed by atoms with Crippen LogP contribution in [-0.2, 0) is 0 Å². The molecule has 13 rings (SSSR count). The van der Waals surface area contributed by atoms with Crippen LogP contribution in [0.4, 0.5) is 0 Å². The summed E-state index contributed by atoms with van der Waals surface area (Å²) in [4.78, 5) is 15.3. The van der Waals surface area contributed by atoms with E-state index in [1.807, 2.05) is 60.7 Å². The van der Waals surface area contributed by atoms with Crippen molar-refractivity contribution < 1.29 is 8.83 Å². The van der Waals surface area contributed by atoms with Crippen LogP contribution in [0.2, 0.25) is 0 Å². The molecular formula is C55H31N3O2. The Morgan fingerprint density at radius 3 is 1.82 bits per heavy atom. The number of rotatable bonds is 5. The second-order valence-corrected chi connectivity index (χ2v) is 15.5. The van der Waals surface area contributed by atoms with Crippen molar-refractivity contribution in [2.24, 2.45) is 0 Å². The average Bonchev–Trinajstić information content (AvgIpc) is 4.00. The molecule has 60 heavy (non-hydrogen) atoms. The fourth-order valence-corrected chi connectivity index (χ4v) is 9.41. The average molecular weight is 766 g/mol. The van der Waals surface area contributed by atoms with Crippen molar-refractivity contribution >= 4 is 54.6 Å². The summed E-state index contributed by atoms with van der Waals surface area (Å²) in [5.41, 5.74) is 15.5. The summed E-state index contributed by atoms with van der Waals surface area (Å²) in [5, 5.41) is 6.82. The molecule has 5 heteroatoms. The normalized spacial score (nSPS) is 12.0. The number of nitrogens with zero attached hydrogens (tertiary/aromatic N) is 3. The van der Waals surface area contributed by atoms with E-state index in [1.54, 1.807) is 0 Å². The molecule has 3 aromatic heterocycles. The topological polar surface area (TPSA) is 65.0 Å². The number of benzene rings is 9. The van der Waals surface area contributed by atoms with Gasteiger partial charge in [0, 0.05) is 32.7 Å². The standard InChI is InChI=1S/C55H31N3O2/c1-2-12-33(13-3-1)53-56-54(58-55(57-53)44-25-10-23-42-39-18-4-5-26-46(39)60-52(42)44)36-17-6-16-34(30-36)38-20-11-27-48-51(38)45-31-35(28-29-47(45)59-48)37-19-9-22-41-40-21-7-14-32-15-8-24-43(49(32)40)50(37)41/h1-31H. The molecular weight excluding hydrogens is 735 g/mol. The summed E-state index contributed by atoms with van der Waals surface area (Å²) in [5.74, 6) is 1.72. The highest BCUT2D eigenvalue weighted by molar-refractivity contribution is 6.19. The van der Waals surface area contributed by atoms with Crippen molar-refractivity contribution in [1.82, 2.24) is 15.0 Å². The lowest BCUT2D eigenvalue weighted by molar-refractivity contribution is 0.669. The molecule has 0 atom stereocenters. The van der Waals surface area contributed by atoms with Gasteiger partial charge in [-0.15, -0.1) is 0 Å². The highest BCUT2D eigenvalue weighted by Gasteiger charge is 2.25. The zero-order chi connectivity index (χ0) is 39.3. The second-order valence-electron chi connectivity index (χ2n) is 15.5. The van der Waals surface area contributed by atoms with Crippen LogP contribution in [0.25, 0.3) is 133 Å². The molecule has 0 aliphatic heterocycles. The molecule has 12 aromatic rings. The van der Waals surface area contributed by atoms with E-state index >= 15 is 0 Å². The molecule has 278 valence electrons. The minimum absolute atomic E-state index is 0.552. The smallest absolute Gasteiger partial charge is 0.167 e. The Kier molecular flexibility index (Phi) is 6.95. The molecule has 0 radical (unpaired) electrons. The molecule has 0 unspecified atom stereocenters. The fourth-order valence-electron chi connectivity index (χ4n) is 9.41. The second kappa shape index (κ2) is 12.7. The largest absolute Gasteiger partial charge is 0.456 e. The number of fused-ring (bicyclic) bond motifs is 9. The lowest BCUT2D eigenvalue weighted by atomic mass is 9.92. The van der Waals surface area contributed by atoms with Crippen molar-refractivity contribution in [2.75, 3.05) is 0 Å². The maximum atomic E-state index is 6.55. The van der Waals surface area contributed by atoms with Crippen LogP contribution < -0.4 is 0 Å². The maximum Gasteiger partial charge on any atom is 0.167 e. The van der Waals surface area contributed by atoms with E-state index < -0.39 is 0 Å². The van der Waals surface area contributed by atoms with Gasteiger partial charge in [0.15, 0.2) is 17.5 Å². The van der Waals surface area contributed by atoms with E-state index in [0.717, 1.165) is 77.3 Å². The summed E-state index contributed by atoms with van der Waals surface area (Å²) >= 11 is 0. The first-order chi connectivity index (χ1) is 29.7. The van der Waals surface area contributed by atoms with Crippen molar-refractivity contribution in [2.45, 2.75) is 0 Å². The van der Waals surface area contributed by atoms with Crippen molar-refractivity contribution in [3.63, 3.8) is 0 Å². The van der Waals surface area contributed by atoms with Crippen LogP contribution in [-0.4, -0.2) is 15.0 Å². The van der Waals surface area contributed by atoms with Crippen molar-refractivity contribution in [3.05, 3.63) is 188 Å². The maximum absolute atomic E-state index is 6.55. The third-order valence-corrected chi connectivity index (χ3v) is 12.1. The Bertz CT molecular complexity index is 3720. The molecule has 9 aromatic carbocycles. The van der Waals surface area contributed by atoms with E-state index in [1.165, 1.54) is 38.6 Å². The van der Waals surface area contributed by atoms with Crippen LogP contribution in [0, 0.1) is 0 Å². The van der Waals surface area contributed by atoms with E-state index in [4.69, 9.17) is 23.8 Å². The Labute approximate surface area is 343 Å². The predicted octanol–water partition coefficient (Wildman–Crippen LogP) is 14.8. The molecule has 0 N–H and O–H groups in total. The van der Waals surface area contributed by atoms with Gasteiger partial charge in [0.05, 0.1) is 5.56 Å². The summed E-state index contributed by atoms with van der Waals surface area (Å²) in [7, 11) is 0. The van der Waals surface area contributed by atoms with Gasteiger partial charge >= 0.3 is 0 Å². The summed E-state index contributed by atoms with van der Waals surface area (Å²) in [6.45, 7) is 0. The predicted molar refractivity (Wildman–Crippen MR) is 243 cm³/mol. The number of hydrogen-bond donors (Lipinski definition) is 0. The highest BCUT2D eigenvalue weighted by atomic mass is 16.3. The van der Waals surface area contributed by atoms with Gasteiger partial charge in [-0.05, 0) is 91.7 Å². The molecule has 1 aliphatic carbocycles. The van der Waals surface area contributed by atoms with Crippen molar-refractivity contribution in [3.8, 4) is 78.7 Å². The lowest BCUT2D eigenvalue weighted by Gasteiger charge is -2.11. The van der Waals surface area contributed by atoms with Crippen molar-refractivity contribution in [1.29, 1.82) is 0 Å². The summed E-state index contributed by atoms with van der Waals surface area (Å²) < 4.78 is 13.0. The zero-order valence-corrected chi connectivity index (χ0v) is 32.1. The molecule has 5 nitrogen and oxygen atoms in total. The Morgan fingerprint density at radius 2 is 0.900 bits per heavy atom. The molecule has 0 fully saturated rings. The van der Waals surface area contributed by atoms with Gasteiger partial charge in [-0.25, -0.2) is 15.0 Å². The van der Waals surface area contributed by atoms with Crippen LogP contribution >= 0.6 is 0 Å². The number of para-hydroxylation sites is 2. The van der Waals surface area contributed by atoms with Gasteiger partial charge < -0.3 is 8.83 Å². The lowest BCUT2D eigenvalue weighted by Crippen LogP contribution is -2.00. The van der Waals surface area contributed by atoms with Gasteiger partial charge in [-0.3, -0.25) is 0 Å². The van der Waals surface area contributed by atoms with E-state index in [2.05, 4.69) is 127 Å². The van der Waals surface area contributed by atoms with Gasteiger partial charge in [0.1, 0.15) is 22.3 Å². The van der Waals surface area contributed by atoms with E-state index in [-0.39, 0.29) is 0 Å². The van der Waals surface area contributed by atoms with Crippen LogP contribution in [0.3, 0.4) is 0 Å². The van der Waals surface area contributed by atoms with Crippen LogP contribution in [0.15, 0.2) is 197 Å². The monoisotopic (exact) mass is 765 g/mol. The van der Waals surface area contributed by atoms with Crippen LogP contribution in [0.5, 0.6) is 0 Å². The molecule has 3 heterocycles.